The van der Waals surface area contributed by atoms with Gasteiger partial charge in [0.25, 0.3) is 5.91 Å². The summed E-state index contributed by atoms with van der Waals surface area (Å²) in [4.78, 5) is 15.2. The first-order valence-corrected chi connectivity index (χ1v) is 9.37. The third kappa shape index (κ3) is 4.31. The molecule has 3 rings (SSSR count). The van der Waals surface area contributed by atoms with E-state index in [1.54, 1.807) is 13.3 Å². The van der Waals surface area contributed by atoms with Gasteiger partial charge in [0.1, 0.15) is 5.82 Å². The van der Waals surface area contributed by atoms with Crippen LogP contribution in [0, 0.1) is 0 Å². The van der Waals surface area contributed by atoms with Crippen LogP contribution < -0.4 is 5.32 Å². The lowest BCUT2D eigenvalue weighted by atomic mass is 10.1. The summed E-state index contributed by atoms with van der Waals surface area (Å²) in [6.45, 7) is 5.53. The quantitative estimate of drug-likeness (QED) is 0.827. The molecular weight excluding hydrogens is 328 g/mol. The summed E-state index contributed by atoms with van der Waals surface area (Å²) >= 11 is 0. The van der Waals surface area contributed by atoms with Crippen molar-refractivity contribution in [3.8, 4) is 0 Å². The van der Waals surface area contributed by atoms with E-state index in [1.807, 2.05) is 41.1 Å². The highest BCUT2D eigenvalue weighted by molar-refractivity contribution is 5.94. The first-order valence-electron chi connectivity index (χ1n) is 9.37. The number of amides is 1. The summed E-state index contributed by atoms with van der Waals surface area (Å²) in [5.41, 5.74) is 0.839. The molecule has 1 aliphatic heterocycles. The highest BCUT2D eigenvalue weighted by atomic mass is 16.5. The Balaban J connectivity index is 1.66. The van der Waals surface area contributed by atoms with E-state index in [4.69, 9.17) is 4.74 Å². The number of hydrogen-bond acceptors (Lipinski definition) is 4. The van der Waals surface area contributed by atoms with E-state index in [0.29, 0.717) is 6.04 Å². The average Bonchev–Trinajstić information content (AvgIpc) is 3.12. The number of carbonyl (C=O) groups is 1. The number of aromatic nitrogens is 2. The second kappa shape index (κ2) is 8.96. The molecule has 6 nitrogen and oxygen atoms in total. The molecule has 6 heteroatoms. The van der Waals surface area contributed by atoms with E-state index in [1.165, 1.54) is 6.42 Å². The van der Waals surface area contributed by atoms with E-state index in [0.717, 1.165) is 43.9 Å². The molecule has 1 aromatic heterocycles. The van der Waals surface area contributed by atoms with Gasteiger partial charge in [0.05, 0.1) is 12.2 Å². The van der Waals surface area contributed by atoms with Gasteiger partial charge >= 0.3 is 0 Å². The predicted octanol–water partition coefficient (Wildman–Crippen LogP) is 3.26. The van der Waals surface area contributed by atoms with Gasteiger partial charge in [0.2, 0.25) is 0 Å². The zero-order valence-corrected chi connectivity index (χ0v) is 15.6. The average molecular weight is 356 g/mol. The fraction of sp³-hybridized carbons (Fsp3) is 0.500. The van der Waals surface area contributed by atoms with Crippen LogP contribution >= 0.6 is 0 Å². The first-order chi connectivity index (χ1) is 12.7. The number of ether oxygens (including phenoxy) is 1. The number of piperidine rings is 1. The van der Waals surface area contributed by atoms with Crippen LogP contribution in [0.25, 0.3) is 0 Å². The number of hydrogen-bond donors (Lipinski definition) is 1. The topological polar surface area (TPSA) is 59.4 Å². The molecule has 0 bridgehead atoms. The van der Waals surface area contributed by atoms with E-state index in [9.17, 15) is 4.79 Å². The number of benzene rings is 1. The number of nitrogens with zero attached hydrogens (tertiary/aromatic N) is 3. The Morgan fingerprint density at radius 2 is 2.00 bits per heavy atom. The number of methoxy groups -OCH3 is 1. The van der Waals surface area contributed by atoms with Crippen LogP contribution in [0.3, 0.4) is 0 Å². The van der Waals surface area contributed by atoms with Gasteiger partial charge in [0.15, 0.2) is 6.10 Å². The Morgan fingerprint density at radius 3 is 2.65 bits per heavy atom. The largest absolute Gasteiger partial charge is 0.367 e. The molecular formula is C20H28N4O2. The summed E-state index contributed by atoms with van der Waals surface area (Å²) in [5, 5.41) is 7.46. The maximum atomic E-state index is 12.7. The van der Waals surface area contributed by atoms with Crippen LogP contribution in [0.1, 0.15) is 43.9 Å². The molecule has 1 N–H and O–H groups in total. The van der Waals surface area contributed by atoms with Crippen LogP contribution in [0.15, 0.2) is 42.6 Å². The standard InChI is InChI=1S/C20H28N4O2/c1-3-13-23-14-10-17(11-15-23)24-18(9-12-21-24)22-20(25)19(26-2)16-7-5-4-6-8-16/h4-9,12,17,19H,3,10-11,13-15H2,1-2H3,(H,22,25). The Labute approximate surface area is 155 Å². The van der Waals surface area contributed by atoms with Crippen molar-refractivity contribution in [3.63, 3.8) is 0 Å². The van der Waals surface area contributed by atoms with Crippen molar-refractivity contribution in [2.45, 2.75) is 38.3 Å². The molecule has 1 aromatic carbocycles. The highest BCUT2D eigenvalue weighted by Crippen LogP contribution is 2.26. The zero-order chi connectivity index (χ0) is 18.4. The van der Waals surface area contributed by atoms with Crippen LogP contribution in [-0.4, -0.2) is 47.3 Å². The van der Waals surface area contributed by atoms with Crippen molar-refractivity contribution >= 4 is 11.7 Å². The number of carbonyl (C=O) groups excluding carboxylic acids is 1. The molecule has 2 aromatic rings. The second-order valence-corrected chi connectivity index (χ2v) is 6.75. The summed E-state index contributed by atoms with van der Waals surface area (Å²) in [6, 6.07) is 11.7. The van der Waals surface area contributed by atoms with Crippen LogP contribution in [0.2, 0.25) is 0 Å². The van der Waals surface area contributed by atoms with E-state index >= 15 is 0 Å². The fourth-order valence-corrected chi connectivity index (χ4v) is 3.62. The number of anilines is 1. The summed E-state index contributed by atoms with van der Waals surface area (Å²) in [6.07, 6.45) is 4.41. The van der Waals surface area contributed by atoms with Gasteiger partial charge in [0, 0.05) is 26.3 Å². The van der Waals surface area contributed by atoms with Crippen molar-refractivity contribution < 1.29 is 9.53 Å². The van der Waals surface area contributed by atoms with Crippen LogP contribution in [0.4, 0.5) is 5.82 Å². The molecule has 2 heterocycles. The Morgan fingerprint density at radius 1 is 1.27 bits per heavy atom. The molecule has 1 unspecified atom stereocenters. The molecule has 1 fully saturated rings. The van der Waals surface area contributed by atoms with E-state index < -0.39 is 6.10 Å². The monoisotopic (exact) mass is 356 g/mol. The molecule has 1 saturated heterocycles. The predicted molar refractivity (Wildman–Crippen MR) is 102 cm³/mol. The van der Waals surface area contributed by atoms with Crippen molar-refractivity contribution in [1.82, 2.24) is 14.7 Å². The van der Waals surface area contributed by atoms with Gasteiger partial charge in [-0.15, -0.1) is 0 Å². The van der Waals surface area contributed by atoms with Gasteiger partial charge < -0.3 is 15.0 Å². The third-order valence-electron chi connectivity index (χ3n) is 4.94. The van der Waals surface area contributed by atoms with Crippen LogP contribution in [-0.2, 0) is 9.53 Å². The lowest BCUT2D eigenvalue weighted by Crippen LogP contribution is -2.36. The summed E-state index contributed by atoms with van der Waals surface area (Å²) in [7, 11) is 1.55. The van der Waals surface area contributed by atoms with Crippen molar-refractivity contribution in [1.29, 1.82) is 0 Å². The van der Waals surface area contributed by atoms with Crippen molar-refractivity contribution in [2.75, 3.05) is 32.1 Å². The lowest BCUT2D eigenvalue weighted by Gasteiger charge is -2.32. The molecule has 140 valence electrons. The molecule has 1 amide bonds. The summed E-state index contributed by atoms with van der Waals surface area (Å²) < 4.78 is 7.38. The highest BCUT2D eigenvalue weighted by Gasteiger charge is 2.25. The lowest BCUT2D eigenvalue weighted by molar-refractivity contribution is -0.126. The minimum Gasteiger partial charge on any atom is -0.367 e. The first kappa shape index (κ1) is 18.6. The normalized spacial score (nSPS) is 17.2. The SMILES string of the molecule is CCCN1CCC(n2nccc2NC(=O)C(OC)c2ccccc2)CC1. The maximum absolute atomic E-state index is 12.7. The number of likely N-dealkylation sites (tertiary alicyclic amines) is 1. The Kier molecular flexibility index (Phi) is 6.41. The van der Waals surface area contributed by atoms with Gasteiger partial charge in [-0.25, -0.2) is 4.68 Å². The number of rotatable bonds is 7. The van der Waals surface area contributed by atoms with Crippen molar-refractivity contribution in [3.05, 3.63) is 48.2 Å². The third-order valence-corrected chi connectivity index (χ3v) is 4.94. The minimum absolute atomic E-state index is 0.177. The van der Waals surface area contributed by atoms with Gasteiger partial charge in [-0.3, -0.25) is 4.79 Å². The number of nitrogens with one attached hydrogen (secondary N) is 1. The molecule has 0 spiro atoms. The molecule has 0 saturated carbocycles. The molecule has 1 atom stereocenters. The summed E-state index contributed by atoms with van der Waals surface area (Å²) in [5.74, 6) is 0.561. The molecule has 0 aliphatic carbocycles. The molecule has 1 aliphatic rings. The Bertz CT molecular complexity index is 693. The molecule has 0 radical (unpaired) electrons. The van der Waals surface area contributed by atoms with E-state index in [-0.39, 0.29) is 5.91 Å². The molecule has 26 heavy (non-hydrogen) atoms. The van der Waals surface area contributed by atoms with Crippen molar-refractivity contribution in [2.24, 2.45) is 0 Å². The van der Waals surface area contributed by atoms with Gasteiger partial charge in [-0.05, 0) is 31.4 Å². The smallest absolute Gasteiger partial charge is 0.259 e. The van der Waals surface area contributed by atoms with Gasteiger partial charge in [-0.2, -0.15) is 5.10 Å². The van der Waals surface area contributed by atoms with E-state index in [2.05, 4.69) is 22.2 Å². The minimum atomic E-state index is -0.633. The second-order valence-electron chi connectivity index (χ2n) is 6.75. The van der Waals surface area contributed by atoms with Crippen LogP contribution in [0.5, 0.6) is 0 Å². The van der Waals surface area contributed by atoms with Gasteiger partial charge in [-0.1, -0.05) is 37.3 Å². The maximum Gasteiger partial charge on any atom is 0.259 e. The Hall–Kier alpha value is -2.18. The fourth-order valence-electron chi connectivity index (χ4n) is 3.62. The zero-order valence-electron chi connectivity index (χ0n) is 15.6.